The average Bonchev–Trinajstić information content (AvgIpc) is 3.16. The van der Waals surface area contributed by atoms with Crippen LogP contribution < -0.4 is 4.72 Å². The van der Waals surface area contributed by atoms with E-state index < -0.39 is 16.0 Å². The Balaban J connectivity index is 1.75. The van der Waals surface area contributed by atoms with Crippen molar-refractivity contribution in [3.05, 3.63) is 54.2 Å². The highest BCUT2D eigenvalue weighted by atomic mass is 32.2. The molecular weight excluding hydrogens is 332 g/mol. The summed E-state index contributed by atoms with van der Waals surface area (Å²) in [5.41, 5.74) is 1.50. The monoisotopic (exact) mass is 348 g/mol. The van der Waals surface area contributed by atoms with Crippen LogP contribution in [0.15, 0.2) is 47.8 Å². The molecule has 0 aromatic carbocycles. The van der Waals surface area contributed by atoms with Crippen molar-refractivity contribution >= 4 is 21.6 Å². The molecule has 0 unspecified atom stereocenters. The van der Waals surface area contributed by atoms with E-state index >= 15 is 0 Å². The number of hydrogen-bond donors (Lipinski definition) is 1. The highest BCUT2D eigenvalue weighted by Crippen LogP contribution is 2.15. The van der Waals surface area contributed by atoms with Crippen LogP contribution in [0.25, 0.3) is 5.65 Å². The maximum absolute atomic E-state index is 12.2. The summed E-state index contributed by atoms with van der Waals surface area (Å²) in [4.78, 5) is 16.5. The second kappa shape index (κ2) is 6.10. The number of nitrogens with zero attached hydrogens (tertiary/aromatic N) is 3. The quantitative estimate of drug-likeness (QED) is 0.693. The average molecular weight is 348 g/mol. The molecule has 9 heteroatoms. The standard InChI is InChI=1S/C15H16N4O4S/c1-16-24(21,22)12-7-13(18(2)9-12)15(20)23-10-11-8-19-6-4-3-5-14(19)17-11/h3-9,16H,10H2,1-2H3. The molecule has 0 saturated carbocycles. The van der Waals surface area contributed by atoms with Crippen molar-refractivity contribution in [2.75, 3.05) is 7.05 Å². The molecule has 0 saturated heterocycles. The maximum atomic E-state index is 12.2. The summed E-state index contributed by atoms with van der Waals surface area (Å²) in [5, 5.41) is 0. The highest BCUT2D eigenvalue weighted by Gasteiger charge is 2.20. The summed E-state index contributed by atoms with van der Waals surface area (Å²) in [6.07, 6.45) is 4.97. The Morgan fingerprint density at radius 1 is 1.33 bits per heavy atom. The first-order valence-corrected chi connectivity index (χ1v) is 8.58. The van der Waals surface area contributed by atoms with Gasteiger partial charge in [0.2, 0.25) is 10.0 Å². The second-order valence-corrected chi connectivity index (χ2v) is 7.04. The normalized spacial score (nSPS) is 11.8. The zero-order chi connectivity index (χ0) is 17.3. The number of carbonyl (C=O) groups excluding carboxylic acids is 1. The van der Waals surface area contributed by atoms with Crippen LogP contribution in [0.2, 0.25) is 0 Å². The summed E-state index contributed by atoms with van der Waals surface area (Å²) in [5.74, 6) is -0.618. The van der Waals surface area contributed by atoms with E-state index in [1.54, 1.807) is 13.2 Å². The van der Waals surface area contributed by atoms with Gasteiger partial charge < -0.3 is 13.7 Å². The zero-order valence-corrected chi connectivity index (χ0v) is 13.9. The molecule has 3 aromatic rings. The number of hydrogen-bond acceptors (Lipinski definition) is 5. The van der Waals surface area contributed by atoms with Gasteiger partial charge in [0.1, 0.15) is 22.8 Å². The van der Waals surface area contributed by atoms with Gasteiger partial charge in [-0.25, -0.2) is 22.9 Å². The minimum absolute atomic E-state index is 0.000194. The molecule has 3 aromatic heterocycles. The molecule has 0 spiro atoms. The number of carbonyl (C=O) groups is 1. The van der Waals surface area contributed by atoms with Crippen molar-refractivity contribution in [3.63, 3.8) is 0 Å². The number of sulfonamides is 1. The van der Waals surface area contributed by atoms with Gasteiger partial charge >= 0.3 is 5.97 Å². The minimum Gasteiger partial charge on any atom is -0.454 e. The van der Waals surface area contributed by atoms with E-state index in [1.165, 1.54) is 23.9 Å². The fraction of sp³-hybridized carbons (Fsp3) is 0.200. The maximum Gasteiger partial charge on any atom is 0.355 e. The Bertz CT molecular complexity index is 971. The predicted molar refractivity (Wildman–Crippen MR) is 86.0 cm³/mol. The van der Waals surface area contributed by atoms with Gasteiger partial charge in [0, 0.05) is 25.6 Å². The predicted octanol–water partition coefficient (Wildman–Crippen LogP) is 0.938. The summed E-state index contributed by atoms with van der Waals surface area (Å²) in [7, 11) is -0.723. The molecule has 126 valence electrons. The number of aromatic nitrogens is 3. The molecule has 0 aliphatic carbocycles. The SMILES string of the molecule is CNS(=O)(=O)c1cc(C(=O)OCc2cn3ccccc3n2)n(C)c1. The Kier molecular flexibility index (Phi) is 4.12. The van der Waals surface area contributed by atoms with Crippen LogP contribution in [-0.4, -0.2) is 35.4 Å². The molecular formula is C15H16N4O4S. The third-order valence-corrected chi connectivity index (χ3v) is 4.91. The third-order valence-electron chi connectivity index (χ3n) is 3.53. The van der Waals surface area contributed by atoms with Crippen LogP contribution in [0, 0.1) is 0 Å². The lowest BCUT2D eigenvalue weighted by Crippen LogP contribution is -2.17. The smallest absolute Gasteiger partial charge is 0.355 e. The summed E-state index contributed by atoms with van der Waals surface area (Å²) in [6, 6.07) is 6.86. The molecule has 0 aliphatic rings. The molecule has 0 bridgehead atoms. The van der Waals surface area contributed by atoms with Crippen LogP contribution in [0.3, 0.4) is 0 Å². The first kappa shape index (κ1) is 16.2. The van der Waals surface area contributed by atoms with Crippen molar-refractivity contribution in [2.45, 2.75) is 11.5 Å². The third kappa shape index (κ3) is 3.03. The van der Waals surface area contributed by atoms with Gasteiger partial charge in [-0.3, -0.25) is 0 Å². The van der Waals surface area contributed by atoms with Gasteiger partial charge in [-0.05, 0) is 25.2 Å². The van der Waals surface area contributed by atoms with E-state index in [0.29, 0.717) is 5.69 Å². The molecule has 3 heterocycles. The molecule has 24 heavy (non-hydrogen) atoms. The molecule has 0 atom stereocenters. The van der Waals surface area contributed by atoms with Gasteiger partial charge in [-0.15, -0.1) is 0 Å². The molecule has 0 fully saturated rings. The number of aryl methyl sites for hydroxylation is 1. The largest absolute Gasteiger partial charge is 0.454 e. The van der Waals surface area contributed by atoms with Crippen molar-refractivity contribution in [2.24, 2.45) is 7.05 Å². The molecule has 0 radical (unpaired) electrons. The molecule has 0 amide bonds. The number of nitrogens with one attached hydrogen (secondary N) is 1. The van der Waals surface area contributed by atoms with Crippen molar-refractivity contribution in [3.8, 4) is 0 Å². The topological polar surface area (TPSA) is 94.7 Å². The summed E-state index contributed by atoms with van der Waals surface area (Å²) >= 11 is 0. The second-order valence-electron chi connectivity index (χ2n) is 5.15. The van der Waals surface area contributed by atoms with Crippen LogP contribution in [-0.2, 0) is 28.4 Å². The Morgan fingerprint density at radius 2 is 2.12 bits per heavy atom. The van der Waals surface area contributed by atoms with Crippen LogP contribution >= 0.6 is 0 Å². The fourth-order valence-electron chi connectivity index (χ4n) is 2.27. The summed E-state index contributed by atoms with van der Waals surface area (Å²) in [6.45, 7) is -0.000194. The van der Waals surface area contributed by atoms with Crippen LogP contribution in [0.1, 0.15) is 16.2 Å². The molecule has 0 aliphatic heterocycles. The first-order valence-electron chi connectivity index (χ1n) is 7.10. The lowest BCUT2D eigenvalue weighted by atomic mass is 10.4. The van der Waals surface area contributed by atoms with E-state index in [0.717, 1.165) is 5.65 Å². The van der Waals surface area contributed by atoms with E-state index in [4.69, 9.17) is 4.74 Å². The molecule has 1 N–H and O–H groups in total. The minimum atomic E-state index is -3.61. The summed E-state index contributed by atoms with van der Waals surface area (Å²) < 4.78 is 34.2. The number of esters is 1. The number of rotatable bonds is 5. The lowest BCUT2D eigenvalue weighted by Gasteiger charge is -2.03. The van der Waals surface area contributed by atoms with Gasteiger partial charge in [-0.2, -0.15) is 0 Å². The van der Waals surface area contributed by atoms with Crippen LogP contribution in [0.5, 0.6) is 0 Å². The fourth-order valence-corrected chi connectivity index (χ4v) is 3.07. The zero-order valence-electron chi connectivity index (χ0n) is 13.1. The van der Waals surface area contributed by atoms with Crippen molar-refractivity contribution in [1.82, 2.24) is 18.7 Å². The number of ether oxygens (including phenoxy) is 1. The Labute approximate surface area is 138 Å². The van der Waals surface area contributed by atoms with E-state index in [2.05, 4.69) is 9.71 Å². The molecule has 3 rings (SSSR count). The van der Waals surface area contributed by atoms with Crippen molar-refractivity contribution in [1.29, 1.82) is 0 Å². The Morgan fingerprint density at radius 3 is 2.83 bits per heavy atom. The van der Waals surface area contributed by atoms with Crippen molar-refractivity contribution < 1.29 is 17.9 Å². The first-order chi connectivity index (χ1) is 11.4. The lowest BCUT2D eigenvalue weighted by molar-refractivity contribution is 0.0457. The van der Waals surface area contributed by atoms with Gasteiger partial charge in [0.15, 0.2) is 0 Å². The van der Waals surface area contributed by atoms with Gasteiger partial charge in [0.25, 0.3) is 0 Å². The van der Waals surface area contributed by atoms with E-state index in [9.17, 15) is 13.2 Å². The van der Waals surface area contributed by atoms with E-state index in [1.807, 2.05) is 28.8 Å². The Hall–Kier alpha value is -2.65. The number of imidazole rings is 1. The van der Waals surface area contributed by atoms with Gasteiger partial charge in [-0.1, -0.05) is 6.07 Å². The van der Waals surface area contributed by atoms with Crippen LogP contribution in [0.4, 0.5) is 0 Å². The van der Waals surface area contributed by atoms with E-state index in [-0.39, 0.29) is 17.2 Å². The molecule has 8 nitrogen and oxygen atoms in total. The highest BCUT2D eigenvalue weighted by molar-refractivity contribution is 7.89. The number of pyridine rings is 1. The number of fused-ring (bicyclic) bond motifs is 1. The van der Waals surface area contributed by atoms with Gasteiger partial charge in [0.05, 0.1) is 5.69 Å².